The first kappa shape index (κ1) is 14.7. The molecule has 0 atom stereocenters. The van der Waals surface area contributed by atoms with E-state index in [-0.39, 0.29) is 11.3 Å². The zero-order valence-electron chi connectivity index (χ0n) is 10.8. The van der Waals surface area contributed by atoms with Gasteiger partial charge in [0.1, 0.15) is 17.2 Å². The van der Waals surface area contributed by atoms with E-state index in [9.17, 15) is 19.1 Å². The number of ether oxygens (including phenoxy) is 1. The first-order chi connectivity index (χ1) is 8.60. The number of amides is 2. The van der Waals surface area contributed by atoms with E-state index >= 15 is 0 Å². The number of rotatable bonds is 2. The Balaban J connectivity index is 2.95. The third-order valence-corrected chi connectivity index (χ3v) is 1.99. The number of benzene rings is 1. The molecule has 0 bridgehead atoms. The van der Waals surface area contributed by atoms with Crippen LogP contribution in [0.4, 0.5) is 14.9 Å². The average molecular weight is 270 g/mol. The molecule has 0 saturated carbocycles. The summed E-state index contributed by atoms with van der Waals surface area (Å²) in [5.74, 6) is -2.40. The minimum absolute atomic E-state index is 0.309. The van der Waals surface area contributed by atoms with Crippen LogP contribution in [-0.2, 0) is 4.74 Å². The zero-order chi connectivity index (χ0) is 14.8. The van der Waals surface area contributed by atoms with Gasteiger partial charge in [0.25, 0.3) is 5.91 Å². The van der Waals surface area contributed by atoms with Gasteiger partial charge >= 0.3 is 6.09 Å². The molecule has 0 fully saturated rings. The van der Waals surface area contributed by atoms with E-state index in [1.165, 1.54) is 0 Å². The van der Waals surface area contributed by atoms with Crippen molar-refractivity contribution in [1.82, 2.24) is 0 Å². The van der Waals surface area contributed by atoms with Crippen LogP contribution in [0.15, 0.2) is 12.1 Å². The van der Waals surface area contributed by atoms with Gasteiger partial charge < -0.3 is 15.6 Å². The van der Waals surface area contributed by atoms with Crippen molar-refractivity contribution in [1.29, 1.82) is 0 Å². The van der Waals surface area contributed by atoms with Gasteiger partial charge in [-0.15, -0.1) is 0 Å². The van der Waals surface area contributed by atoms with Crippen molar-refractivity contribution in [3.05, 3.63) is 23.5 Å². The SMILES string of the molecule is CC(C)(C)OC(=O)Nc1cc(O)c(C(N)=O)cc1F. The highest BCUT2D eigenvalue weighted by Gasteiger charge is 2.19. The molecule has 6 nitrogen and oxygen atoms in total. The van der Waals surface area contributed by atoms with Gasteiger partial charge in [-0.2, -0.15) is 0 Å². The summed E-state index contributed by atoms with van der Waals surface area (Å²) in [5, 5.41) is 11.6. The van der Waals surface area contributed by atoms with E-state index in [1.54, 1.807) is 20.8 Å². The lowest BCUT2D eigenvalue weighted by molar-refractivity contribution is 0.0635. The molecule has 0 heterocycles. The summed E-state index contributed by atoms with van der Waals surface area (Å²) in [6, 6.07) is 1.63. The minimum atomic E-state index is -0.972. The number of nitrogens with two attached hydrogens (primary N) is 1. The highest BCUT2D eigenvalue weighted by Crippen LogP contribution is 2.25. The number of aromatic hydroxyl groups is 1. The van der Waals surface area contributed by atoms with Crippen molar-refractivity contribution in [3.63, 3.8) is 0 Å². The molecule has 1 aromatic carbocycles. The summed E-state index contributed by atoms with van der Waals surface area (Å²) in [4.78, 5) is 22.3. The van der Waals surface area contributed by atoms with Crippen molar-refractivity contribution >= 4 is 17.7 Å². The second kappa shape index (κ2) is 5.13. The molecule has 0 aliphatic rings. The maximum absolute atomic E-state index is 13.6. The predicted octanol–water partition coefficient (Wildman–Crippen LogP) is 1.98. The molecule has 0 unspecified atom stereocenters. The van der Waals surface area contributed by atoms with Crippen LogP contribution in [0.1, 0.15) is 31.1 Å². The molecule has 7 heteroatoms. The van der Waals surface area contributed by atoms with Gasteiger partial charge in [0, 0.05) is 6.07 Å². The van der Waals surface area contributed by atoms with Gasteiger partial charge in [-0.05, 0) is 26.8 Å². The average Bonchev–Trinajstić information content (AvgIpc) is 2.19. The third-order valence-electron chi connectivity index (χ3n) is 1.99. The molecule has 0 aliphatic heterocycles. The summed E-state index contributed by atoms with van der Waals surface area (Å²) < 4.78 is 18.5. The van der Waals surface area contributed by atoms with E-state index in [0.29, 0.717) is 0 Å². The van der Waals surface area contributed by atoms with Crippen molar-refractivity contribution in [2.75, 3.05) is 5.32 Å². The smallest absolute Gasteiger partial charge is 0.412 e. The highest BCUT2D eigenvalue weighted by atomic mass is 19.1. The Morgan fingerprint density at radius 2 is 1.95 bits per heavy atom. The van der Waals surface area contributed by atoms with Gasteiger partial charge in [0.2, 0.25) is 0 Å². The van der Waals surface area contributed by atoms with Crippen molar-refractivity contribution in [2.45, 2.75) is 26.4 Å². The summed E-state index contributed by atoms with van der Waals surface area (Å²) in [7, 11) is 0. The van der Waals surface area contributed by atoms with Crippen LogP contribution in [0.25, 0.3) is 0 Å². The number of halogens is 1. The largest absolute Gasteiger partial charge is 0.507 e. The molecule has 0 spiro atoms. The number of nitrogens with one attached hydrogen (secondary N) is 1. The number of primary amides is 1. The number of carbonyl (C=O) groups excluding carboxylic acids is 2. The molecule has 1 aromatic rings. The van der Waals surface area contributed by atoms with E-state index in [2.05, 4.69) is 5.32 Å². The number of anilines is 1. The summed E-state index contributed by atoms with van der Waals surface area (Å²) in [6.45, 7) is 4.95. The quantitative estimate of drug-likeness (QED) is 0.764. The molecule has 0 aliphatic carbocycles. The van der Waals surface area contributed by atoms with Crippen LogP contribution in [0, 0.1) is 5.82 Å². The van der Waals surface area contributed by atoms with E-state index in [0.717, 1.165) is 12.1 Å². The summed E-state index contributed by atoms with van der Waals surface area (Å²) >= 11 is 0. The van der Waals surface area contributed by atoms with Crippen LogP contribution in [0.3, 0.4) is 0 Å². The summed E-state index contributed by atoms with van der Waals surface area (Å²) in [5.41, 5.74) is 3.52. The number of hydrogen-bond donors (Lipinski definition) is 3. The Labute approximate surface area is 109 Å². The third kappa shape index (κ3) is 4.13. The Bertz CT molecular complexity index is 523. The minimum Gasteiger partial charge on any atom is -0.507 e. The van der Waals surface area contributed by atoms with Gasteiger partial charge in [-0.1, -0.05) is 0 Å². The first-order valence-corrected chi connectivity index (χ1v) is 5.42. The summed E-state index contributed by atoms with van der Waals surface area (Å²) in [6.07, 6.45) is -0.877. The van der Waals surface area contributed by atoms with Gasteiger partial charge in [0.15, 0.2) is 0 Å². The number of carbonyl (C=O) groups is 2. The van der Waals surface area contributed by atoms with E-state index in [4.69, 9.17) is 10.5 Å². The van der Waals surface area contributed by atoms with Crippen molar-refractivity contribution < 1.29 is 23.8 Å². The fourth-order valence-electron chi connectivity index (χ4n) is 1.27. The Morgan fingerprint density at radius 3 is 2.42 bits per heavy atom. The fraction of sp³-hybridized carbons (Fsp3) is 0.333. The van der Waals surface area contributed by atoms with Crippen LogP contribution >= 0.6 is 0 Å². The highest BCUT2D eigenvalue weighted by molar-refractivity contribution is 5.96. The second-order valence-corrected chi connectivity index (χ2v) is 4.84. The van der Waals surface area contributed by atoms with Crippen LogP contribution in [0.5, 0.6) is 5.75 Å². The lowest BCUT2D eigenvalue weighted by atomic mass is 10.1. The standard InChI is InChI=1S/C12H15FN2O4/c1-12(2,3)19-11(18)15-8-5-9(16)6(10(14)17)4-7(8)13/h4-5,16H,1-3H3,(H2,14,17)(H,15,18). The molecule has 0 saturated heterocycles. The zero-order valence-corrected chi connectivity index (χ0v) is 10.8. The Morgan fingerprint density at radius 1 is 1.37 bits per heavy atom. The normalized spacial score (nSPS) is 10.9. The van der Waals surface area contributed by atoms with E-state index < -0.39 is 29.2 Å². The molecule has 104 valence electrons. The predicted molar refractivity (Wildman–Crippen MR) is 66.4 cm³/mol. The number of hydrogen-bond acceptors (Lipinski definition) is 4. The van der Waals surface area contributed by atoms with Crippen LogP contribution < -0.4 is 11.1 Å². The molecular weight excluding hydrogens is 255 g/mol. The molecule has 1 rings (SSSR count). The first-order valence-electron chi connectivity index (χ1n) is 5.42. The fourth-order valence-corrected chi connectivity index (χ4v) is 1.27. The molecule has 2 amide bonds. The maximum atomic E-state index is 13.6. The van der Waals surface area contributed by atoms with Gasteiger partial charge in [0.05, 0.1) is 11.3 Å². The Kier molecular flexibility index (Phi) is 3.98. The monoisotopic (exact) mass is 270 g/mol. The molecule has 0 radical (unpaired) electrons. The molecule has 19 heavy (non-hydrogen) atoms. The Hall–Kier alpha value is -2.31. The van der Waals surface area contributed by atoms with Gasteiger partial charge in [-0.3, -0.25) is 10.1 Å². The van der Waals surface area contributed by atoms with Crippen LogP contribution in [-0.4, -0.2) is 22.7 Å². The lowest BCUT2D eigenvalue weighted by Crippen LogP contribution is -2.27. The van der Waals surface area contributed by atoms with E-state index in [1.807, 2.05) is 0 Å². The van der Waals surface area contributed by atoms with Crippen molar-refractivity contribution in [3.8, 4) is 5.75 Å². The number of phenols is 1. The molecular formula is C12H15FN2O4. The second-order valence-electron chi connectivity index (χ2n) is 4.84. The van der Waals surface area contributed by atoms with Gasteiger partial charge in [-0.25, -0.2) is 9.18 Å². The van der Waals surface area contributed by atoms with Crippen LogP contribution in [0.2, 0.25) is 0 Å². The topological polar surface area (TPSA) is 102 Å². The lowest BCUT2D eigenvalue weighted by Gasteiger charge is -2.20. The molecule has 0 aromatic heterocycles. The molecule has 4 N–H and O–H groups in total. The van der Waals surface area contributed by atoms with Crippen molar-refractivity contribution in [2.24, 2.45) is 5.73 Å². The maximum Gasteiger partial charge on any atom is 0.412 e.